The molecule has 9 heteroatoms. The second-order valence-electron chi connectivity index (χ2n) is 5.23. The number of hydrogen-bond acceptors (Lipinski definition) is 5. The van der Waals surface area contributed by atoms with E-state index in [0.29, 0.717) is 27.3 Å². The van der Waals surface area contributed by atoms with Crippen LogP contribution in [0.1, 0.15) is 5.69 Å². The van der Waals surface area contributed by atoms with E-state index in [1.54, 1.807) is 34.7 Å². The van der Waals surface area contributed by atoms with Gasteiger partial charge in [0, 0.05) is 18.8 Å². The number of para-hydroxylation sites is 1. The first-order valence-corrected chi connectivity index (χ1v) is 7.83. The summed E-state index contributed by atoms with van der Waals surface area (Å²) in [5.74, 6) is 0.928. The Labute approximate surface area is 148 Å². The summed E-state index contributed by atoms with van der Waals surface area (Å²) in [6.45, 7) is 1.94. The maximum absolute atomic E-state index is 12.3. The van der Waals surface area contributed by atoms with E-state index in [0.717, 1.165) is 5.69 Å². The van der Waals surface area contributed by atoms with E-state index in [1.807, 2.05) is 13.0 Å². The molecule has 3 rings (SSSR count). The molecule has 7 nitrogen and oxygen atoms in total. The number of rotatable bonds is 4. The topological polar surface area (TPSA) is 75.4 Å². The highest BCUT2D eigenvalue weighted by molar-refractivity contribution is 6.39. The molecule has 1 amide bonds. The fourth-order valence-electron chi connectivity index (χ4n) is 2.28. The first kappa shape index (κ1) is 16.5. The summed E-state index contributed by atoms with van der Waals surface area (Å²) in [4.78, 5) is 22.4. The van der Waals surface area contributed by atoms with E-state index < -0.39 is 0 Å². The zero-order valence-electron chi connectivity index (χ0n) is 13.0. The lowest BCUT2D eigenvalue weighted by Gasteiger charge is -2.20. The van der Waals surface area contributed by atoms with Crippen molar-refractivity contribution in [1.82, 2.24) is 19.6 Å². The molecule has 2 aromatic heterocycles. The van der Waals surface area contributed by atoms with Crippen molar-refractivity contribution < 1.29 is 4.79 Å². The maximum atomic E-state index is 12.3. The van der Waals surface area contributed by atoms with Gasteiger partial charge in [-0.2, -0.15) is 14.6 Å². The molecule has 0 atom stereocenters. The smallest absolute Gasteiger partial charge is 0.254 e. The summed E-state index contributed by atoms with van der Waals surface area (Å²) in [5.41, 5.74) is 1.18. The Bertz CT molecular complexity index is 890. The summed E-state index contributed by atoms with van der Waals surface area (Å²) in [5, 5.41) is 7.63. The minimum atomic E-state index is -0.254. The van der Waals surface area contributed by atoms with Gasteiger partial charge in [-0.3, -0.25) is 4.79 Å². The Morgan fingerprint density at radius 3 is 2.75 bits per heavy atom. The van der Waals surface area contributed by atoms with Gasteiger partial charge >= 0.3 is 0 Å². The van der Waals surface area contributed by atoms with Crippen molar-refractivity contribution in [3.63, 3.8) is 0 Å². The van der Waals surface area contributed by atoms with Gasteiger partial charge in [-0.1, -0.05) is 29.3 Å². The molecule has 24 heavy (non-hydrogen) atoms. The third-order valence-corrected chi connectivity index (χ3v) is 3.99. The molecule has 0 fully saturated rings. The quantitative estimate of drug-likeness (QED) is 0.770. The molecule has 124 valence electrons. The number of halogens is 2. The van der Waals surface area contributed by atoms with Crippen LogP contribution in [0.2, 0.25) is 10.0 Å². The first-order valence-electron chi connectivity index (χ1n) is 7.08. The number of fused-ring (bicyclic) bond motifs is 1. The molecule has 3 aromatic rings. The predicted molar refractivity (Wildman–Crippen MR) is 93.9 cm³/mol. The van der Waals surface area contributed by atoms with Gasteiger partial charge in [-0.25, -0.2) is 4.98 Å². The van der Waals surface area contributed by atoms with Gasteiger partial charge in [0.25, 0.3) is 5.78 Å². The summed E-state index contributed by atoms with van der Waals surface area (Å²) in [6.07, 6.45) is 1.42. The summed E-state index contributed by atoms with van der Waals surface area (Å²) >= 11 is 12.1. The molecular formula is C15H14Cl2N6O. The standard InChI is InChI=1S/C15H14Cl2N6O/c1-9-6-13(23-15(20-9)18-8-19-23)22(2)7-12(24)21-14-10(16)4-3-5-11(14)17/h3-6,8H,7H2,1-2H3,(H,21,24). The molecule has 0 unspecified atom stereocenters. The number of benzene rings is 1. The zero-order valence-corrected chi connectivity index (χ0v) is 14.5. The normalized spacial score (nSPS) is 10.8. The van der Waals surface area contributed by atoms with Crippen molar-refractivity contribution in [2.24, 2.45) is 0 Å². The Morgan fingerprint density at radius 1 is 1.33 bits per heavy atom. The van der Waals surface area contributed by atoms with E-state index in [1.165, 1.54) is 6.33 Å². The molecule has 0 bridgehead atoms. The molecule has 0 spiro atoms. The van der Waals surface area contributed by atoms with Crippen LogP contribution >= 0.6 is 23.2 Å². The summed E-state index contributed by atoms with van der Waals surface area (Å²) in [7, 11) is 1.78. The minimum absolute atomic E-state index is 0.0833. The van der Waals surface area contributed by atoms with Gasteiger partial charge in [0.15, 0.2) is 0 Å². The third kappa shape index (κ3) is 3.27. The highest BCUT2D eigenvalue weighted by atomic mass is 35.5. The number of carbonyl (C=O) groups excluding carboxylic acids is 1. The van der Waals surface area contributed by atoms with Gasteiger partial charge < -0.3 is 10.2 Å². The number of nitrogens with zero attached hydrogens (tertiary/aromatic N) is 5. The molecular weight excluding hydrogens is 351 g/mol. The Kier molecular flexibility index (Phi) is 4.55. The van der Waals surface area contributed by atoms with E-state index in [2.05, 4.69) is 20.4 Å². The van der Waals surface area contributed by atoms with Crippen LogP contribution in [-0.4, -0.2) is 39.1 Å². The minimum Gasteiger partial charge on any atom is -0.350 e. The second-order valence-corrected chi connectivity index (χ2v) is 6.04. The van der Waals surface area contributed by atoms with Crippen molar-refractivity contribution in [2.45, 2.75) is 6.92 Å². The number of hydrogen-bond donors (Lipinski definition) is 1. The van der Waals surface area contributed by atoms with Crippen LogP contribution in [0.3, 0.4) is 0 Å². The SMILES string of the molecule is Cc1cc(N(C)CC(=O)Nc2c(Cl)cccc2Cl)n2ncnc2n1. The highest BCUT2D eigenvalue weighted by Gasteiger charge is 2.15. The molecule has 0 saturated carbocycles. The number of amides is 1. The molecule has 1 aromatic carbocycles. The maximum Gasteiger partial charge on any atom is 0.254 e. The number of carbonyl (C=O) groups is 1. The van der Waals surface area contributed by atoms with Crippen LogP contribution in [0.15, 0.2) is 30.6 Å². The fraction of sp³-hybridized carbons (Fsp3) is 0.200. The molecule has 0 saturated heterocycles. The van der Waals surface area contributed by atoms with E-state index >= 15 is 0 Å². The van der Waals surface area contributed by atoms with Crippen LogP contribution in [0.4, 0.5) is 11.5 Å². The van der Waals surface area contributed by atoms with E-state index in [-0.39, 0.29) is 12.5 Å². The van der Waals surface area contributed by atoms with Gasteiger partial charge in [0.05, 0.1) is 22.3 Å². The largest absolute Gasteiger partial charge is 0.350 e. The van der Waals surface area contributed by atoms with Crippen molar-refractivity contribution in [3.05, 3.63) is 46.3 Å². The summed E-state index contributed by atoms with van der Waals surface area (Å²) in [6, 6.07) is 6.88. The predicted octanol–water partition coefficient (Wildman–Crippen LogP) is 2.81. The monoisotopic (exact) mass is 364 g/mol. The van der Waals surface area contributed by atoms with Crippen molar-refractivity contribution >= 4 is 46.4 Å². The van der Waals surface area contributed by atoms with Crippen LogP contribution in [-0.2, 0) is 4.79 Å². The second kappa shape index (κ2) is 6.62. The molecule has 0 radical (unpaired) electrons. The van der Waals surface area contributed by atoms with Crippen LogP contribution in [0.25, 0.3) is 5.78 Å². The van der Waals surface area contributed by atoms with E-state index in [9.17, 15) is 4.79 Å². The third-order valence-electron chi connectivity index (χ3n) is 3.36. The molecule has 0 aliphatic carbocycles. The van der Waals surface area contributed by atoms with E-state index in [4.69, 9.17) is 23.2 Å². The van der Waals surface area contributed by atoms with Gasteiger partial charge in [-0.15, -0.1) is 0 Å². The lowest BCUT2D eigenvalue weighted by molar-refractivity contribution is -0.114. The lowest BCUT2D eigenvalue weighted by Crippen LogP contribution is -2.31. The molecule has 0 aliphatic heterocycles. The Morgan fingerprint density at radius 2 is 2.04 bits per heavy atom. The highest BCUT2D eigenvalue weighted by Crippen LogP contribution is 2.29. The Hall–Kier alpha value is -2.38. The van der Waals surface area contributed by atoms with Crippen molar-refractivity contribution in [2.75, 3.05) is 23.8 Å². The van der Waals surface area contributed by atoms with Crippen LogP contribution in [0.5, 0.6) is 0 Å². The average Bonchev–Trinajstić information content (AvgIpc) is 2.98. The van der Waals surface area contributed by atoms with Crippen LogP contribution < -0.4 is 10.2 Å². The first-order chi connectivity index (χ1) is 11.5. The van der Waals surface area contributed by atoms with Crippen LogP contribution in [0, 0.1) is 6.92 Å². The zero-order chi connectivity index (χ0) is 17.3. The van der Waals surface area contributed by atoms with Gasteiger partial charge in [0.1, 0.15) is 12.1 Å². The molecule has 1 N–H and O–H groups in total. The van der Waals surface area contributed by atoms with Gasteiger partial charge in [-0.05, 0) is 19.1 Å². The van der Waals surface area contributed by atoms with Crippen molar-refractivity contribution in [3.8, 4) is 0 Å². The summed E-state index contributed by atoms with van der Waals surface area (Å²) < 4.78 is 1.57. The fourth-order valence-corrected chi connectivity index (χ4v) is 2.77. The lowest BCUT2D eigenvalue weighted by atomic mass is 10.3. The number of likely N-dealkylation sites (N-methyl/N-ethyl adjacent to an activating group) is 1. The number of aromatic nitrogens is 4. The Balaban J connectivity index is 1.80. The number of aryl methyl sites for hydroxylation is 1. The molecule has 0 aliphatic rings. The molecule has 2 heterocycles. The number of anilines is 2. The number of nitrogens with one attached hydrogen (secondary N) is 1. The van der Waals surface area contributed by atoms with Crippen molar-refractivity contribution in [1.29, 1.82) is 0 Å². The average molecular weight is 365 g/mol. The van der Waals surface area contributed by atoms with Gasteiger partial charge in [0.2, 0.25) is 5.91 Å².